The Morgan fingerprint density at radius 2 is 1.41 bits per heavy atom. The van der Waals surface area contributed by atoms with E-state index in [4.69, 9.17) is 4.74 Å². The van der Waals surface area contributed by atoms with Gasteiger partial charge < -0.3 is 14.8 Å². The Bertz CT molecular complexity index is 1130. The second-order valence-electron chi connectivity index (χ2n) is 8.25. The second-order valence-corrected chi connectivity index (χ2v) is 8.25. The number of methoxy groups -OCH3 is 1. The molecular formula is C28H27NO5. The number of esters is 1. The average Bonchev–Trinajstić information content (AvgIpc) is 3.19. The van der Waals surface area contributed by atoms with Crippen molar-refractivity contribution in [1.82, 2.24) is 5.32 Å². The van der Waals surface area contributed by atoms with Gasteiger partial charge in [-0.15, -0.1) is 0 Å². The van der Waals surface area contributed by atoms with Crippen LogP contribution in [0.4, 0.5) is 4.79 Å². The molecule has 0 aliphatic heterocycles. The van der Waals surface area contributed by atoms with Gasteiger partial charge in [0.2, 0.25) is 0 Å². The van der Waals surface area contributed by atoms with Gasteiger partial charge in [0.15, 0.2) is 5.78 Å². The van der Waals surface area contributed by atoms with Gasteiger partial charge in [-0.25, -0.2) is 4.79 Å². The molecule has 3 aromatic carbocycles. The van der Waals surface area contributed by atoms with E-state index in [2.05, 4.69) is 34.3 Å². The van der Waals surface area contributed by atoms with Crippen molar-refractivity contribution in [2.75, 3.05) is 13.7 Å². The van der Waals surface area contributed by atoms with E-state index in [0.717, 1.165) is 27.8 Å². The number of hydrogen-bond acceptors (Lipinski definition) is 5. The van der Waals surface area contributed by atoms with Gasteiger partial charge in [-0.3, -0.25) is 9.59 Å². The minimum atomic E-state index is -0.803. The topological polar surface area (TPSA) is 81.7 Å². The Kier molecular flexibility index (Phi) is 7.38. The number of ether oxygens (including phenoxy) is 2. The maximum absolute atomic E-state index is 12.8. The number of ketones is 1. The van der Waals surface area contributed by atoms with E-state index in [1.807, 2.05) is 54.6 Å². The van der Waals surface area contributed by atoms with Crippen molar-refractivity contribution in [3.63, 3.8) is 0 Å². The first-order valence-corrected chi connectivity index (χ1v) is 11.3. The van der Waals surface area contributed by atoms with Crippen LogP contribution < -0.4 is 5.32 Å². The van der Waals surface area contributed by atoms with Crippen molar-refractivity contribution in [2.45, 2.75) is 31.2 Å². The number of rotatable bonds is 9. The Labute approximate surface area is 198 Å². The molecule has 1 N–H and O–H groups in total. The zero-order chi connectivity index (χ0) is 23.9. The molecule has 0 unspecified atom stereocenters. The smallest absolute Gasteiger partial charge is 0.407 e. The molecule has 4 rings (SSSR count). The van der Waals surface area contributed by atoms with Gasteiger partial charge in [-0.05, 0) is 34.2 Å². The molecule has 0 bridgehead atoms. The van der Waals surface area contributed by atoms with Gasteiger partial charge in [-0.1, -0.05) is 78.9 Å². The summed E-state index contributed by atoms with van der Waals surface area (Å²) in [6.45, 7) is 0.161. The lowest BCUT2D eigenvalue weighted by atomic mass is 9.98. The van der Waals surface area contributed by atoms with E-state index in [9.17, 15) is 14.4 Å². The zero-order valence-electron chi connectivity index (χ0n) is 19.0. The van der Waals surface area contributed by atoms with Crippen molar-refractivity contribution in [1.29, 1.82) is 0 Å². The average molecular weight is 458 g/mol. The summed E-state index contributed by atoms with van der Waals surface area (Å²) >= 11 is 0. The summed E-state index contributed by atoms with van der Waals surface area (Å²) in [4.78, 5) is 37.0. The molecule has 6 heteroatoms. The first-order chi connectivity index (χ1) is 16.6. The molecule has 0 saturated carbocycles. The van der Waals surface area contributed by atoms with Crippen molar-refractivity contribution < 1.29 is 23.9 Å². The Morgan fingerprint density at radius 3 is 2.03 bits per heavy atom. The predicted molar refractivity (Wildman–Crippen MR) is 128 cm³/mol. The zero-order valence-corrected chi connectivity index (χ0v) is 19.0. The number of nitrogens with one attached hydrogen (secondary N) is 1. The van der Waals surface area contributed by atoms with E-state index in [1.54, 1.807) is 0 Å². The van der Waals surface area contributed by atoms with Crippen molar-refractivity contribution >= 4 is 17.8 Å². The second kappa shape index (κ2) is 10.8. The van der Waals surface area contributed by atoms with E-state index in [0.29, 0.717) is 6.42 Å². The Hall–Kier alpha value is -3.93. The normalized spacial score (nSPS) is 12.9. The van der Waals surface area contributed by atoms with Crippen LogP contribution in [0.25, 0.3) is 11.1 Å². The lowest BCUT2D eigenvalue weighted by Crippen LogP contribution is -2.43. The van der Waals surface area contributed by atoms with Crippen LogP contribution in [0.1, 0.15) is 35.4 Å². The molecule has 0 fully saturated rings. The highest BCUT2D eigenvalue weighted by Crippen LogP contribution is 2.44. The Balaban J connectivity index is 1.43. The third-order valence-electron chi connectivity index (χ3n) is 6.11. The van der Waals surface area contributed by atoms with Gasteiger partial charge in [0.1, 0.15) is 6.61 Å². The maximum Gasteiger partial charge on any atom is 0.407 e. The van der Waals surface area contributed by atoms with E-state index < -0.39 is 18.1 Å². The monoisotopic (exact) mass is 457 g/mol. The highest BCUT2D eigenvalue weighted by molar-refractivity contribution is 5.90. The fourth-order valence-electron chi connectivity index (χ4n) is 4.38. The number of fused-ring (bicyclic) bond motifs is 3. The number of amides is 1. The summed E-state index contributed by atoms with van der Waals surface area (Å²) in [6, 6.07) is 24.8. The lowest BCUT2D eigenvalue weighted by molar-refractivity contribution is -0.142. The highest BCUT2D eigenvalue weighted by atomic mass is 16.5. The van der Waals surface area contributed by atoms with Gasteiger partial charge in [0.05, 0.1) is 19.6 Å². The third kappa shape index (κ3) is 5.34. The summed E-state index contributed by atoms with van der Waals surface area (Å²) in [5.74, 6) is -0.781. The SMILES string of the molecule is COC(=O)CCC(=O)[C@H](Cc1ccccc1)NC(=O)OCC1c2ccccc2-c2ccccc21. The van der Waals surface area contributed by atoms with Crippen LogP contribution >= 0.6 is 0 Å². The van der Waals surface area contributed by atoms with Gasteiger partial charge in [-0.2, -0.15) is 0 Å². The lowest BCUT2D eigenvalue weighted by Gasteiger charge is -2.19. The van der Waals surface area contributed by atoms with Crippen molar-refractivity contribution in [3.8, 4) is 11.1 Å². The highest BCUT2D eigenvalue weighted by Gasteiger charge is 2.30. The van der Waals surface area contributed by atoms with Crippen molar-refractivity contribution in [3.05, 3.63) is 95.6 Å². The molecule has 174 valence electrons. The molecule has 6 nitrogen and oxygen atoms in total. The van der Waals surface area contributed by atoms with E-state index in [-0.39, 0.29) is 31.1 Å². The van der Waals surface area contributed by atoms with Crippen LogP contribution in [0.15, 0.2) is 78.9 Å². The summed E-state index contributed by atoms with van der Waals surface area (Å²) in [7, 11) is 1.28. The van der Waals surface area contributed by atoms with Crippen LogP contribution in [0.5, 0.6) is 0 Å². The molecule has 0 spiro atoms. The maximum atomic E-state index is 12.8. The minimum absolute atomic E-state index is 0.0200. The van der Waals surface area contributed by atoms with Crippen LogP contribution in [0.3, 0.4) is 0 Å². The molecule has 1 amide bonds. The molecule has 0 radical (unpaired) electrons. The summed E-state index contributed by atoms with van der Waals surface area (Å²) in [6.07, 6.45) is -0.402. The first kappa shape index (κ1) is 23.2. The largest absolute Gasteiger partial charge is 0.469 e. The van der Waals surface area contributed by atoms with Crippen LogP contribution in [-0.4, -0.2) is 37.6 Å². The molecule has 0 heterocycles. The van der Waals surface area contributed by atoms with E-state index in [1.165, 1.54) is 7.11 Å². The molecule has 1 atom stereocenters. The van der Waals surface area contributed by atoms with Crippen LogP contribution in [-0.2, 0) is 25.5 Å². The number of carbonyl (C=O) groups excluding carboxylic acids is 3. The minimum Gasteiger partial charge on any atom is -0.469 e. The van der Waals surface area contributed by atoms with Crippen LogP contribution in [0.2, 0.25) is 0 Å². The molecule has 34 heavy (non-hydrogen) atoms. The number of Topliss-reactive ketones (excluding diaryl/α,β-unsaturated/α-hetero) is 1. The summed E-state index contributed by atoms with van der Waals surface area (Å²) in [5, 5.41) is 2.72. The number of alkyl carbamates (subject to hydrolysis) is 1. The van der Waals surface area contributed by atoms with Crippen LogP contribution in [0, 0.1) is 0 Å². The number of hydrogen-bond donors (Lipinski definition) is 1. The third-order valence-corrected chi connectivity index (χ3v) is 6.11. The molecule has 3 aromatic rings. The molecule has 0 saturated heterocycles. The first-order valence-electron chi connectivity index (χ1n) is 11.3. The number of benzene rings is 3. The summed E-state index contributed by atoms with van der Waals surface area (Å²) in [5.41, 5.74) is 5.43. The standard InChI is InChI=1S/C28H27NO5/c1-33-27(31)16-15-26(30)25(17-19-9-3-2-4-10-19)29-28(32)34-18-24-22-13-7-5-11-20(22)21-12-6-8-14-23(21)24/h2-14,24-25H,15-18H2,1H3,(H,29,32)/t25-/m0/s1. The quantitative estimate of drug-likeness (QED) is 0.473. The fourth-order valence-corrected chi connectivity index (χ4v) is 4.38. The molecule has 1 aliphatic carbocycles. The number of carbonyl (C=O) groups is 3. The van der Waals surface area contributed by atoms with Gasteiger partial charge in [0.25, 0.3) is 0 Å². The fraction of sp³-hybridized carbons (Fsp3) is 0.250. The van der Waals surface area contributed by atoms with Crippen molar-refractivity contribution in [2.24, 2.45) is 0 Å². The molecular weight excluding hydrogens is 430 g/mol. The van der Waals surface area contributed by atoms with Gasteiger partial charge in [0, 0.05) is 12.3 Å². The molecule has 0 aromatic heterocycles. The predicted octanol–water partition coefficient (Wildman–Crippen LogP) is 4.66. The van der Waals surface area contributed by atoms with Gasteiger partial charge >= 0.3 is 12.1 Å². The Morgan fingerprint density at radius 1 is 0.824 bits per heavy atom. The molecule has 1 aliphatic rings. The summed E-state index contributed by atoms with van der Waals surface area (Å²) < 4.78 is 10.2. The van der Waals surface area contributed by atoms with E-state index >= 15 is 0 Å².